The first kappa shape index (κ1) is 16.0. The molecule has 1 amide bonds. The summed E-state index contributed by atoms with van der Waals surface area (Å²) in [7, 11) is 1.83. The number of aromatic nitrogens is 4. The van der Waals surface area contributed by atoms with Gasteiger partial charge in [0.2, 0.25) is 5.91 Å². The van der Waals surface area contributed by atoms with Gasteiger partial charge in [-0.1, -0.05) is 47.6 Å². The molecule has 0 spiro atoms. The number of carbonyl (C=O) groups is 1. The summed E-state index contributed by atoms with van der Waals surface area (Å²) in [5.74, 6) is 0.0578. The molecule has 0 aliphatic carbocycles. The Hall–Kier alpha value is -3.48. The van der Waals surface area contributed by atoms with Crippen LogP contribution in [0.15, 0.2) is 52.9 Å². The fraction of sp³-hybridized carbons (Fsp3) is 0.158. The number of rotatable bonds is 4. The summed E-state index contributed by atoms with van der Waals surface area (Å²) < 4.78 is 7.21. The van der Waals surface area contributed by atoms with Gasteiger partial charge in [-0.2, -0.15) is 5.10 Å². The first-order chi connectivity index (χ1) is 12.6. The molecule has 0 aliphatic heterocycles. The molecule has 0 fully saturated rings. The molecule has 2 heterocycles. The molecule has 0 atom stereocenters. The van der Waals surface area contributed by atoms with Crippen LogP contribution in [0.5, 0.6) is 0 Å². The van der Waals surface area contributed by atoms with Crippen molar-refractivity contribution >= 4 is 22.7 Å². The molecule has 130 valence electrons. The molecular formula is C19H17N5O2. The van der Waals surface area contributed by atoms with Crippen LogP contribution in [0.4, 0.5) is 6.01 Å². The van der Waals surface area contributed by atoms with Gasteiger partial charge in [-0.25, -0.2) is 0 Å². The molecule has 0 aliphatic rings. The third-order valence-electron chi connectivity index (χ3n) is 4.18. The summed E-state index contributed by atoms with van der Waals surface area (Å²) in [6.45, 7) is 1.93. The van der Waals surface area contributed by atoms with Crippen LogP contribution in [-0.2, 0) is 18.3 Å². The molecule has 0 unspecified atom stereocenters. The zero-order valence-electron chi connectivity index (χ0n) is 14.4. The monoisotopic (exact) mass is 347 g/mol. The van der Waals surface area contributed by atoms with Crippen molar-refractivity contribution in [2.75, 3.05) is 5.32 Å². The third kappa shape index (κ3) is 3.19. The first-order valence-electron chi connectivity index (χ1n) is 8.20. The Bertz CT molecular complexity index is 1080. The van der Waals surface area contributed by atoms with Gasteiger partial charge in [0, 0.05) is 12.7 Å². The SMILES string of the molecule is Cc1cc(-c2nnc(NC(=O)Cc3ccc4ccccc4c3)o2)nn1C. The number of amides is 1. The van der Waals surface area contributed by atoms with Crippen molar-refractivity contribution in [3.8, 4) is 11.6 Å². The van der Waals surface area contributed by atoms with Gasteiger partial charge in [0.25, 0.3) is 5.89 Å². The van der Waals surface area contributed by atoms with Crippen molar-refractivity contribution in [2.24, 2.45) is 7.05 Å². The van der Waals surface area contributed by atoms with E-state index in [1.54, 1.807) is 4.68 Å². The highest BCUT2D eigenvalue weighted by Crippen LogP contribution is 2.20. The first-order valence-corrected chi connectivity index (χ1v) is 8.20. The predicted octanol–water partition coefficient (Wildman–Crippen LogP) is 3.11. The molecular weight excluding hydrogens is 330 g/mol. The van der Waals surface area contributed by atoms with Crippen molar-refractivity contribution in [1.82, 2.24) is 20.0 Å². The van der Waals surface area contributed by atoms with Crippen LogP contribution >= 0.6 is 0 Å². The minimum absolute atomic E-state index is 0.0640. The number of aryl methyl sites for hydroxylation is 2. The second kappa shape index (κ2) is 6.44. The maximum atomic E-state index is 12.3. The third-order valence-corrected chi connectivity index (χ3v) is 4.18. The Morgan fingerprint density at radius 2 is 1.92 bits per heavy atom. The summed E-state index contributed by atoms with van der Waals surface area (Å²) in [4.78, 5) is 12.3. The highest BCUT2D eigenvalue weighted by atomic mass is 16.4. The predicted molar refractivity (Wildman–Crippen MR) is 97.5 cm³/mol. The Balaban J connectivity index is 1.46. The number of fused-ring (bicyclic) bond motifs is 1. The average Bonchev–Trinajstić information content (AvgIpc) is 3.21. The zero-order chi connectivity index (χ0) is 18.1. The molecule has 2 aromatic carbocycles. The number of hydrogen-bond acceptors (Lipinski definition) is 5. The molecule has 0 saturated carbocycles. The lowest BCUT2D eigenvalue weighted by Crippen LogP contribution is -2.14. The van der Waals surface area contributed by atoms with Crippen LogP contribution in [0.25, 0.3) is 22.4 Å². The van der Waals surface area contributed by atoms with E-state index in [9.17, 15) is 4.79 Å². The summed E-state index contributed by atoms with van der Waals surface area (Å²) in [6, 6.07) is 15.9. The van der Waals surface area contributed by atoms with E-state index in [2.05, 4.69) is 20.6 Å². The average molecular weight is 347 g/mol. The lowest BCUT2D eigenvalue weighted by atomic mass is 10.1. The van der Waals surface area contributed by atoms with Crippen LogP contribution in [0.2, 0.25) is 0 Å². The number of benzene rings is 2. The van der Waals surface area contributed by atoms with Crippen molar-refractivity contribution < 1.29 is 9.21 Å². The van der Waals surface area contributed by atoms with E-state index in [0.29, 0.717) is 5.69 Å². The molecule has 2 aromatic heterocycles. The molecule has 0 saturated heterocycles. The topological polar surface area (TPSA) is 85.8 Å². The zero-order valence-corrected chi connectivity index (χ0v) is 14.4. The fourth-order valence-electron chi connectivity index (χ4n) is 2.74. The van der Waals surface area contributed by atoms with Gasteiger partial charge in [-0.15, -0.1) is 5.10 Å². The van der Waals surface area contributed by atoms with Gasteiger partial charge in [0.15, 0.2) is 0 Å². The van der Waals surface area contributed by atoms with Crippen LogP contribution in [-0.4, -0.2) is 25.9 Å². The quantitative estimate of drug-likeness (QED) is 0.613. The van der Waals surface area contributed by atoms with Gasteiger partial charge in [-0.05, 0) is 29.3 Å². The number of carbonyl (C=O) groups excluding carboxylic acids is 1. The largest absolute Gasteiger partial charge is 0.401 e. The number of nitrogens with one attached hydrogen (secondary N) is 1. The summed E-state index contributed by atoms with van der Waals surface area (Å²) in [5.41, 5.74) is 2.47. The van der Waals surface area contributed by atoms with Crippen LogP contribution in [0.3, 0.4) is 0 Å². The van der Waals surface area contributed by atoms with Crippen molar-refractivity contribution in [3.63, 3.8) is 0 Å². The van der Waals surface area contributed by atoms with E-state index in [1.165, 1.54) is 0 Å². The smallest absolute Gasteiger partial charge is 0.322 e. The Kier molecular flexibility index (Phi) is 3.96. The second-order valence-corrected chi connectivity index (χ2v) is 6.11. The van der Waals surface area contributed by atoms with E-state index in [0.717, 1.165) is 22.0 Å². The standard InChI is InChI=1S/C19H17N5O2/c1-12-9-16(23-24(12)2)18-21-22-19(26-18)20-17(25)11-13-7-8-14-5-3-4-6-15(14)10-13/h3-10H,11H2,1-2H3,(H,20,22,25). The number of hydrogen-bond donors (Lipinski definition) is 1. The molecule has 0 bridgehead atoms. The molecule has 4 aromatic rings. The van der Waals surface area contributed by atoms with E-state index < -0.39 is 0 Å². The summed E-state index contributed by atoms with van der Waals surface area (Å²) >= 11 is 0. The van der Waals surface area contributed by atoms with Crippen LogP contribution in [0, 0.1) is 6.92 Å². The van der Waals surface area contributed by atoms with E-state index in [-0.39, 0.29) is 24.2 Å². The van der Waals surface area contributed by atoms with Gasteiger partial charge >= 0.3 is 6.01 Å². The van der Waals surface area contributed by atoms with E-state index in [1.807, 2.05) is 62.5 Å². The summed E-state index contributed by atoms with van der Waals surface area (Å²) in [6.07, 6.45) is 0.227. The highest BCUT2D eigenvalue weighted by Gasteiger charge is 2.14. The lowest BCUT2D eigenvalue weighted by molar-refractivity contribution is -0.115. The normalized spacial score (nSPS) is 11.0. The number of anilines is 1. The van der Waals surface area contributed by atoms with Gasteiger partial charge in [-0.3, -0.25) is 14.8 Å². The van der Waals surface area contributed by atoms with Crippen molar-refractivity contribution in [3.05, 3.63) is 59.8 Å². The Morgan fingerprint density at radius 3 is 2.69 bits per heavy atom. The minimum atomic E-state index is -0.215. The molecule has 0 radical (unpaired) electrons. The van der Waals surface area contributed by atoms with Gasteiger partial charge < -0.3 is 4.42 Å². The second-order valence-electron chi connectivity index (χ2n) is 6.11. The molecule has 7 heteroatoms. The number of nitrogens with zero attached hydrogens (tertiary/aromatic N) is 4. The van der Waals surface area contributed by atoms with Crippen molar-refractivity contribution in [2.45, 2.75) is 13.3 Å². The highest BCUT2D eigenvalue weighted by molar-refractivity contribution is 5.91. The lowest BCUT2D eigenvalue weighted by Gasteiger charge is -2.03. The van der Waals surface area contributed by atoms with Gasteiger partial charge in [0.05, 0.1) is 6.42 Å². The molecule has 4 rings (SSSR count). The molecule has 7 nitrogen and oxygen atoms in total. The van der Waals surface area contributed by atoms with E-state index in [4.69, 9.17) is 4.42 Å². The Morgan fingerprint density at radius 1 is 1.12 bits per heavy atom. The van der Waals surface area contributed by atoms with Crippen LogP contribution in [0.1, 0.15) is 11.3 Å². The Labute approximate surface area is 149 Å². The maximum Gasteiger partial charge on any atom is 0.322 e. The molecule has 1 N–H and O–H groups in total. The van der Waals surface area contributed by atoms with E-state index >= 15 is 0 Å². The summed E-state index contributed by atoms with van der Waals surface area (Å²) in [5, 5.41) is 17.0. The van der Waals surface area contributed by atoms with Crippen molar-refractivity contribution in [1.29, 1.82) is 0 Å². The maximum absolute atomic E-state index is 12.3. The fourth-order valence-corrected chi connectivity index (χ4v) is 2.74. The minimum Gasteiger partial charge on any atom is -0.401 e. The van der Waals surface area contributed by atoms with Gasteiger partial charge in [0.1, 0.15) is 5.69 Å². The molecule has 26 heavy (non-hydrogen) atoms. The van der Waals surface area contributed by atoms with Crippen LogP contribution < -0.4 is 5.32 Å².